The van der Waals surface area contributed by atoms with Gasteiger partial charge in [0.15, 0.2) is 5.69 Å². The number of hydrogen-bond donors (Lipinski definition) is 1. The number of sulfone groups is 1. The molecule has 1 saturated heterocycles. The van der Waals surface area contributed by atoms with Gasteiger partial charge < -0.3 is 20.1 Å². The molecule has 0 atom stereocenters. The number of benzene rings is 1. The van der Waals surface area contributed by atoms with Crippen LogP contribution in [0.1, 0.15) is 10.5 Å². The number of hydrogen-bond acceptors (Lipinski definition) is 7. The molecule has 0 radical (unpaired) electrons. The maximum atomic E-state index is 12.7. The summed E-state index contributed by atoms with van der Waals surface area (Å²) in [6.45, 7) is -0.638. The van der Waals surface area contributed by atoms with Crippen molar-refractivity contribution >= 4 is 21.4 Å². The molecule has 0 unspecified atom stereocenters. The van der Waals surface area contributed by atoms with Gasteiger partial charge in [0, 0.05) is 19.3 Å². The molecule has 8 nitrogen and oxygen atoms in total. The number of likely N-dealkylation sites (tertiary alicyclic amines) is 1. The lowest BCUT2D eigenvalue weighted by molar-refractivity contribution is -0.274. The highest BCUT2D eigenvalue weighted by Gasteiger charge is 2.34. The summed E-state index contributed by atoms with van der Waals surface area (Å²) in [5, 5.41) is 0. The highest BCUT2D eigenvalue weighted by molar-refractivity contribution is 7.91. The molecule has 0 bridgehead atoms. The van der Waals surface area contributed by atoms with Crippen LogP contribution in [0.5, 0.6) is 5.75 Å². The summed E-state index contributed by atoms with van der Waals surface area (Å²) in [6, 6.07) is 4.52. The molecule has 174 valence electrons. The van der Waals surface area contributed by atoms with Gasteiger partial charge >= 0.3 is 6.36 Å². The van der Waals surface area contributed by atoms with Crippen molar-refractivity contribution in [1.29, 1.82) is 0 Å². The third kappa shape index (κ3) is 5.43. The van der Waals surface area contributed by atoms with Crippen LogP contribution in [-0.2, 0) is 14.6 Å². The first-order chi connectivity index (χ1) is 14.9. The van der Waals surface area contributed by atoms with Crippen molar-refractivity contribution in [2.75, 3.05) is 25.4 Å². The summed E-state index contributed by atoms with van der Waals surface area (Å²) in [5.41, 5.74) is 5.31. The molecule has 1 aromatic carbocycles. The Morgan fingerprint density at radius 2 is 1.81 bits per heavy atom. The Morgan fingerprint density at radius 1 is 1.19 bits per heavy atom. The van der Waals surface area contributed by atoms with Crippen molar-refractivity contribution in [2.24, 2.45) is 0 Å². The van der Waals surface area contributed by atoms with Crippen LogP contribution < -0.4 is 10.5 Å². The lowest BCUT2D eigenvalue weighted by atomic mass is 10.1. The SMILES string of the molecule is Nc1cc(S(=O)(=O)c2ccc(OC(F)(F)F)cc2)cnc1C(=O)N1CC(OCC(F)F)C1. The number of ether oxygens (including phenoxy) is 2. The van der Waals surface area contributed by atoms with Crippen molar-refractivity contribution in [2.45, 2.75) is 28.7 Å². The number of anilines is 1. The molecule has 2 N–H and O–H groups in total. The molecule has 1 aromatic heterocycles. The number of alkyl halides is 5. The minimum Gasteiger partial charge on any atom is -0.406 e. The molecular formula is C18H16F5N3O5S. The molecule has 1 aliphatic rings. The number of halogens is 5. The lowest BCUT2D eigenvalue weighted by Crippen LogP contribution is -2.55. The van der Waals surface area contributed by atoms with Crippen LogP contribution in [0.4, 0.5) is 27.6 Å². The Hall–Kier alpha value is -3.00. The van der Waals surface area contributed by atoms with E-state index in [-0.39, 0.29) is 34.3 Å². The number of carbonyl (C=O) groups is 1. The van der Waals surface area contributed by atoms with Crippen LogP contribution in [0.3, 0.4) is 0 Å². The zero-order valence-electron chi connectivity index (χ0n) is 16.1. The van der Waals surface area contributed by atoms with Crippen LogP contribution in [0.2, 0.25) is 0 Å². The fourth-order valence-electron chi connectivity index (χ4n) is 2.81. The first-order valence-corrected chi connectivity index (χ1v) is 10.4. The van der Waals surface area contributed by atoms with Gasteiger partial charge in [-0.05, 0) is 30.3 Å². The highest BCUT2D eigenvalue weighted by atomic mass is 32.2. The Bertz CT molecular complexity index is 1090. The maximum Gasteiger partial charge on any atom is 0.573 e. The summed E-state index contributed by atoms with van der Waals surface area (Å²) in [5.74, 6) is -1.22. The third-order valence-electron chi connectivity index (χ3n) is 4.37. The Kier molecular flexibility index (Phi) is 6.55. The van der Waals surface area contributed by atoms with Crippen LogP contribution >= 0.6 is 0 Å². The van der Waals surface area contributed by atoms with E-state index in [9.17, 15) is 35.2 Å². The van der Waals surface area contributed by atoms with E-state index in [1.165, 1.54) is 4.90 Å². The van der Waals surface area contributed by atoms with E-state index in [0.29, 0.717) is 0 Å². The third-order valence-corrected chi connectivity index (χ3v) is 6.10. The average Bonchev–Trinajstić information content (AvgIpc) is 2.65. The molecule has 14 heteroatoms. The fraction of sp³-hybridized carbons (Fsp3) is 0.333. The van der Waals surface area contributed by atoms with Crippen molar-refractivity contribution in [3.8, 4) is 5.75 Å². The van der Waals surface area contributed by atoms with Crippen LogP contribution in [0, 0.1) is 0 Å². The summed E-state index contributed by atoms with van der Waals surface area (Å²) in [4.78, 5) is 16.8. The second-order valence-corrected chi connectivity index (χ2v) is 8.64. The monoisotopic (exact) mass is 481 g/mol. The molecule has 1 fully saturated rings. The van der Waals surface area contributed by atoms with E-state index in [2.05, 4.69) is 9.72 Å². The Morgan fingerprint density at radius 3 is 2.34 bits per heavy atom. The van der Waals surface area contributed by atoms with Gasteiger partial charge in [0.05, 0.1) is 21.6 Å². The summed E-state index contributed by atoms with van der Waals surface area (Å²) in [6.07, 6.45) is -7.20. The van der Waals surface area contributed by atoms with Crippen molar-refractivity contribution in [3.63, 3.8) is 0 Å². The average molecular weight is 481 g/mol. The normalized spacial score (nSPS) is 15.0. The van der Waals surface area contributed by atoms with E-state index in [0.717, 1.165) is 36.5 Å². The Labute approximate surface area is 178 Å². The molecule has 1 aliphatic heterocycles. The molecule has 0 aliphatic carbocycles. The van der Waals surface area contributed by atoms with Gasteiger partial charge in [0.2, 0.25) is 9.84 Å². The van der Waals surface area contributed by atoms with Crippen LogP contribution in [-0.4, -0.2) is 62.8 Å². The number of carbonyl (C=O) groups excluding carboxylic acids is 1. The van der Waals surface area contributed by atoms with Crippen molar-refractivity contribution in [3.05, 3.63) is 42.2 Å². The number of aromatic nitrogens is 1. The minimum atomic E-state index is -4.92. The number of amides is 1. The van der Waals surface area contributed by atoms with E-state index in [1.54, 1.807) is 0 Å². The number of pyridine rings is 1. The van der Waals surface area contributed by atoms with Gasteiger partial charge in [-0.3, -0.25) is 4.79 Å². The largest absolute Gasteiger partial charge is 0.573 e. The molecule has 0 saturated carbocycles. The van der Waals surface area contributed by atoms with Gasteiger partial charge in [-0.2, -0.15) is 0 Å². The standard InChI is InChI=1S/C18H16F5N3O5S/c19-15(20)9-30-11-7-26(8-11)17(27)16-14(24)5-13(6-25-16)32(28,29)12-3-1-10(2-4-12)31-18(21,22)23/h1-6,11,15H,7-9,24H2. The van der Waals surface area contributed by atoms with Gasteiger partial charge in [0.1, 0.15) is 12.4 Å². The molecule has 1 amide bonds. The van der Waals surface area contributed by atoms with E-state index >= 15 is 0 Å². The first-order valence-electron chi connectivity index (χ1n) is 8.92. The molecule has 2 heterocycles. The van der Waals surface area contributed by atoms with Crippen LogP contribution in [0.15, 0.2) is 46.3 Å². The zero-order valence-corrected chi connectivity index (χ0v) is 16.9. The molecule has 3 rings (SSSR count). The Balaban J connectivity index is 1.71. The maximum absolute atomic E-state index is 12.7. The second-order valence-electron chi connectivity index (χ2n) is 6.69. The van der Waals surface area contributed by atoms with Crippen LogP contribution in [0.25, 0.3) is 0 Å². The van der Waals surface area contributed by atoms with Gasteiger partial charge in [-0.15, -0.1) is 13.2 Å². The number of nitrogens with zero attached hydrogens (tertiary/aromatic N) is 2. The minimum absolute atomic E-state index is 0.0546. The fourth-order valence-corrected chi connectivity index (χ4v) is 4.05. The molecule has 0 spiro atoms. The van der Waals surface area contributed by atoms with Crippen molar-refractivity contribution in [1.82, 2.24) is 9.88 Å². The topological polar surface area (TPSA) is 112 Å². The lowest BCUT2D eigenvalue weighted by Gasteiger charge is -2.38. The van der Waals surface area contributed by atoms with E-state index in [4.69, 9.17) is 10.5 Å². The number of rotatable bonds is 7. The number of nitrogens with two attached hydrogens (primary N) is 1. The van der Waals surface area contributed by atoms with E-state index < -0.39 is 47.0 Å². The second kappa shape index (κ2) is 8.86. The van der Waals surface area contributed by atoms with E-state index in [1.807, 2.05) is 0 Å². The smallest absolute Gasteiger partial charge is 0.406 e. The molecular weight excluding hydrogens is 465 g/mol. The highest BCUT2D eigenvalue weighted by Crippen LogP contribution is 2.28. The van der Waals surface area contributed by atoms with Gasteiger partial charge in [0.25, 0.3) is 12.3 Å². The summed E-state index contributed by atoms with van der Waals surface area (Å²) in [7, 11) is -4.20. The van der Waals surface area contributed by atoms with Gasteiger partial charge in [-0.25, -0.2) is 22.2 Å². The molecule has 32 heavy (non-hydrogen) atoms. The van der Waals surface area contributed by atoms with Crippen molar-refractivity contribution < 1.29 is 44.6 Å². The predicted molar refractivity (Wildman–Crippen MR) is 98.9 cm³/mol. The summed E-state index contributed by atoms with van der Waals surface area (Å²) >= 11 is 0. The predicted octanol–water partition coefficient (Wildman–Crippen LogP) is 2.50. The quantitative estimate of drug-likeness (QED) is 0.605. The first kappa shape index (κ1) is 23.7. The van der Waals surface area contributed by atoms with Gasteiger partial charge in [-0.1, -0.05) is 0 Å². The summed E-state index contributed by atoms with van der Waals surface area (Å²) < 4.78 is 95.0. The molecule has 2 aromatic rings. The zero-order chi connectivity index (χ0) is 23.7. The number of nitrogen functional groups attached to an aromatic ring is 1.